The second kappa shape index (κ2) is 5.29. The van der Waals surface area contributed by atoms with Crippen LogP contribution in [0.4, 0.5) is 0 Å². The number of likely N-dealkylation sites (tertiary alicyclic amines) is 1. The van der Waals surface area contributed by atoms with E-state index >= 15 is 0 Å². The van der Waals surface area contributed by atoms with Gasteiger partial charge in [-0.15, -0.1) is 11.8 Å². The van der Waals surface area contributed by atoms with E-state index in [2.05, 4.69) is 27.8 Å². The van der Waals surface area contributed by atoms with E-state index in [-0.39, 0.29) is 10.7 Å². The number of piperidine rings is 1. The lowest BCUT2D eigenvalue weighted by Gasteiger charge is -2.29. The van der Waals surface area contributed by atoms with Crippen molar-refractivity contribution in [2.24, 2.45) is 0 Å². The van der Waals surface area contributed by atoms with E-state index < -0.39 is 0 Å². The van der Waals surface area contributed by atoms with Gasteiger partial charge in [-0.25, -0.2) is 0 Å². The molecule has 0 aromatic rings. The Kier molecular flexibility index (Phi) is 4.31. The molecule has 1 unspecified atom stereocenters. The predicted octanol–water partition coefficient (Wildman–Crippen LogP) is 1.79. The van der Waals surface area contributed by atoms with E-state index in [0.717, 1.165) is 32.4 Å². The number of alkyl halides is 1. The van der Waals surface area contributed by atoms with Gasteiger partial charge < -0.3 is 4.90 Å². The lowest BCUT2D eigenvalue weighted by molar-refractivity contribution is -0.132. The van der Waals surface area contributed by atoms with Crippen molar-refractivity contribution in [2.45, 2.75) is 31.0 Å². The van der Waals surface area contributed by atoms with Gasteiger partial charge in [-0.05, 0) is 19.8 Å². The minimum atomic E-state index is 0.0378. The molecule has 3 heteroatoms. The highest BCUT2D eigenvalue weighted by Crippen LogP contribution is 2.18. The van der Waals surface area contributed by atoms with Crippen molar-refractivity contribution >= 4 is 21.8 Å². The van der Waals surface area contributed by atoms with Crippen molar-refractivity contribution in [2.75, 3.05) is 13.1 Å². The molecule has 1 atom stereocenters. The van der Waals surface area contributed by atoms with Gasteiger partial charge in [-0.1, -0.05) is 15.9 Å². The highest BCUT2D eigenvalue weighted by atomic mass is 79.9. The number of rotatable bonds is 2. The molecule has 2 nitrogen and oxygen atoms in total. The summed E-state index contributed by atoms with van der Waals surface area (Å²) in [5.41, 5.74) is 0. The summed E-state index contributed by atoms with van der Waals surface area (Å²) in [4.78, 5) is 13.5. The average molecular weight is 244 g/mol. The third kappa shape index (κ3) is 3.04. The van der Waals surface area contributed by atoms with Crippen molar-refractivity contribution in [1.82, 2.24) is 4.90 Å². The van der Waals surface area contributed by atoms with Crippen LogP contribution in [0.25, 0.3) is 0 Å². The van der Waals surface area contributed by atoms with Crippen molar-refractivity contribution in [3.63, 3.8) is 0 Å². The smallest absolute Gasteiger partial charge is 0.236 e. The Labute approximate surface area is 87.8 Å². The van der Waals surface area contributed by atoms with Crippen molar-refractivity contribution in [3.8, 4) is 11.8 Å². The van der Waals surface area contributed by atoms with Crippen molar-refractivity contribution in [1.29, 1.82) is 0 Å². The average Bonchev–Trinajstić information content (AvgIpc) is 2.13. The summed E-state index contributed by atoms with van der Waals surface area (Å²) in [5.74, 6) is 6.03. The van der Waals surface area contributed by atoms with Gasteiger partial charge in [0, 0.05) is 19.5 Å². The molecule has 1 rings (SSSR count). The first-order chi connectivity index (χ1) is 6.25. The number of amides is 1. The molecule has 0 bridgehead atoms. The second-order valence-corrected chi connectivity index (χ2v) is 4.22. The summed E-state index contributed by atoms with van der Waals surface area (Å²) in [5, 5.41) is 0. The van der Waals surface area contributed by atoms with Crippen LogP contribution < -0.4 is 0 Å². The molecule has 0 saturated carbocycles. The first-order valence-corrected chi connectivity index (χ1v) is 5.49. The topological polar surface area (TPSA) is 20.3 Å². The van der Waals surface area contributed by atoms with Crippen molar-refractivity contribution < 1.29 is 4.79 Å². The summed E-state index contributed by atoms with van der Waals surface area (Å²) in [6.07, 6.45) is 2.86. The fourth-order valence-electron chi connectivity index (χ4n) is 1.43. The van der Waals surface area contributed by atoms with Gasteiger partial charge in [0.1, 0.15) is 0 Å². The van der Waals surface area contributed by atoms with Crippen LogP contribution in [0.15, 0.2) is 0 Å². The third-order valence-corrected chi connectivity index (χ3v) is 3.00. The van der Waals surface area contributed by atoms with Crippen LogP contribution >= 0.6 is 15.9 Å². The van der Waals surface area contributed by atoms with E-state index in [1.807, 2.05) is 11.8 Å². The number of carbonyl (C=O) groups excluding carboxylic acids is 1. The zero-order valence-electron chi connectivity index (χ0n) is 7.85. The van der Waals surface area contributed by atoms with Crippen LogP contribution in [-0.4, -0.2) is 28.7 Å². The first-order valence-electron chi connectivity index (χ1n) is 4.58. The molecule has 1 amide bonds. The molecule has 72 valence electrons. The highest BCUT2D eigenvalue weighted by molar-refractivity contribution is 9.10. The molecule has 1 aliphatic rings. The number of hydrogen-bond acceptors (Lipinski definition) is 1. The number of nitrogens with zero attached hydrogens (tertiary/aromatic N) is 1. The zero-order valence-corrected chi connectivity index (χ0v) is 9.43. The Morgan fingerprint density at radius 2 is 2.46 bits per heavy atom. The fourth-order valence-corrected chi connectivity index (χ4v) is 2.04. The van der Waals surface area contributed by atoms with E-state index in [1.54, 1.807) is 0 Å². The molecule has 1 heterocycles. The lowest BCUT2D eigenvalue weighted by atomic mass is 10.1. The second-order valence-electron chi connectivity index (χ2n) is 3.11. The summed E-state index contributed by atoms with van der Waals surface area (Å²) in [6, 6.07) is 0. The molecule has 0 aromatic carbocycles. The Morgan fingerprint density at radius 3 is 3.15 bits per heavy atom. The van der Waals surface area contributed by atoms with E-state index in [4.69, 9.17) is 0 Å². The summed E-state index contributed by atoms with van der Waals surface area (Å²) >= 11 is 3.38. The van der Waals surface area contributed by atoms with Crippen LogP contribution in [0.5, 0.6) is 0 Å². The van der Waals surface area contributed by atoms with Gasteiger partial charge in [0.15, 0.2) is 0 Å². The Morgan fingerprint density at radius 1 is 1.69 bits per heavy atom. The Hall–Kier alpha value is -0.490. The molecule has 0 aromatic heterocycles. The molecule has 0 N–H and O–H groups in total. The van der Waals surface area contributed by atoms with Crippen LogP contribution in [0.3, 0.4) is 0 Å². The first kappa shape index (κ1) is 10.6. The quantitative estimate of drug-likeness (QED) is 0.535. The van der Waals surface area contributed by atoms with Crippen LogP contribution in [-0.2, 0) is 4.79 Å². The van der Waals surface area contributed by atoms with Gasteiger partial charge in [-0.2, -0.15) is 0 Å². The fraction of sp³-hybridized carbons (Fsp3) is 0.700. The van der Waals surface area contributed by atoms with Gasteiger partial charge in [-0.3, -0.25) is 4.79 Å². The summed E-state index contributed by atoms with van der Waals surface area (Å²) in [6.45, 7) is 3.50. The van der Waals surface area contributed by atoms with Crippen molar-refractivity contribution in [3.05, 3.63) is 0 Å². The van der Waals surface area contributed by atoms with Gasteiger partial charge in [0.05, 0.1) is 4.83 Å². The Bertz CT molecular complexity index is 241. The molecular formula is C10H14BrNO. The molecular weight excluding hydrogens is 230 g/mol. The lowest BCUT2D eigenvalue weighted by Crippen LogP contribution is -2.42. The maximum atomic E-state index is 11.6. The monoisotopic (exact) mass is 243 g/mol. The molecule has 0 spiro atoms. The van der Waals surface area contributed by atoms with Crippen LogP contribution in [0, 0.1) is 11.8 Å². The Balaban J connectivity index is 2.38. The minimum Gasteiger partial charge on any atom is -0.341 e. The maximum Gasteiger partial charge on any atom is 0.236 e. The highest BCUT2D eigenvalue weighted by Gasteiger charge is 2.25. The number of carbonyl (C=O) groups is 1. The SMILES string of the molecule is CC#CCCN1CCCC(Br)C1=O. The van der Waals surface area contributed by atoms with Gasteiger partial charge >= 0.3 is 0 Å². The van der Waals surface area contributed by atoms with Gasteiger partial charge in [0.25, 0.3) is 0 Å². The van der Waals surface area contributed by atoms with E-state index in [0.29, 0.717) is 0 Å². The standard InChI is InChI=1S/C10H14BrNO/c1-2-3-4-7-12-8-5-6-9(11)10(12)13/h9H,4-8H2,1H3. The van der Waals surface area contributed by atoms with Crippen LogP contribution in [0.1, 0.15) is 26.2 Å². The van der Waals surface area contributed by atoms with Gasteiger partial charge in [0.2, 0.25) is 5.91 Å². The zero-order chi connectivity index (χ0) is 9.68. The molecule has 1 saturated heterocycles. The number of hydrogen-bond donors (Lipinski definition) is 0. The van der Waals surface area contributed by atoms with Crippen LogP contribution in [0.2, 0.25) is 0 Å². The molecule has 0 aliphatic carbocycles. The van der Waals surface area contributed by atoms with E-state index in [9.17, 15) is 4.79 Å². The summed E-state index contributed by atoms with van der Waals surface area (Å²) in [7, 11) is 0. The minimum absolute atomic E-state index is 0.0378. The largest absolute Gasteiger partial charge is 0.341 e. The number of halogens is 1. The molecule has 13 heavy (non-hydrogen) atoms. The maximum absolute atomic E-state index is 11.6. The molecule has 1 fully saturated rings. The molecule has 1 aliphatic heterocycles. The van der Waals surface area contributed by atoms with E-state index in [1.165, 1.54) is 0 Å². The third-order valence-electron chi connectivity index (χ3n) is 2.15. The predicted molar refractivity (Wildman–Crippen MR) is 56.6 cm³/mol. The molecule has 0 radical (unpaired) electrons. The normalized spacial score (nSPS) is 22.5. The summed E-state index contributed by atoms with van der Waals surface area (Å²) < 4.78 is 0.